The van der Waals surface area contributed by atoms with E-state index < -0.39 is 67.4 Å². The van der Waals surface area contributed by atoms with Crippen LogP contribution < -0.4 is 5.32 Å². The van der Waals surface area contributed by atoms with E-state index in [1.165, 1.54) is 148 Å². The first-order valence-electron chi connectivity index (χ1n) is 30.9. The maximum absolute atomic E-state index is 13.4. The summed E-state index contributed by atoms with van der Waals surface area (Å²) in [7, 11) is 0. The third-order valence-electron chi connectivity index (χ3n) is 14.5. The van der Waals surface area contributed by atoms with E-state index >= 15 is 0 Å². The second kappa shape index (κ2) is 51.4. The molecule has 0 aromatic rings. The minimum Gasteiger partial charge on any atom is -0.454 e. The first kappa shape index (κ1) is 69.6. The molecule has 0 aromatic carbocycles. The zero-order chi connectivity index (χ0) is 54.0. The fourth-order valence-corrected chi connectivity index (χ4v) is 9.50. The van der Waals surface area contributed by atoms with Gasteiger partial charge in [-0.3, -0.25) is 9.59 Å². The SMILES string of the molecule is CCCCC/C=C\C/C=C\CCCCCCCCCCC(O)C(=O)NC(COC1OC(CO)C(O)C(O)C1OC(=O)CCCCCCCCC/C=C\CCCCCC)C(O)/C=C/CCCCCCCCCCCC. The first-order valence-corrected chi connectivity index (χ1v) is 30.9. The van der Waals surface area contributed by atoms with Gasteiger partial charge in [0, 0.05) is 6.42 Å². The largest absolute Gasteiger partial charge is 0.454 e. The molecule has 0 radical (unpaired) electrons. The van der Waals surface area contributed by atoms with Gasteiger partial charge in [-0.2, -0.15) is 0 Å². The molecule has 1 aliphatic rings. The molecule has 1 fully saturated rings. The number of ether oxygens (including phenoxy) is 3. The monoisotopic (exact) mass is 1050 g/mol. The van der Waals surface area contributed by atoms with Gasteiger partial charge in [-0.25, -0.2) is 0 Å². The Labute approximate surface area is 453 Å². The molecule has 1 heterocycles. The van der Waals surface area contributed by atoms with E-state index in [-0.39, 0.29) is 19.4 Å². The van der Waals surface area contributed by atoms with Gasteiger partial charge in [0.2, 0.25) is 5.91 Å². The van der Waals surface area contributed by atoms with Crippen molar-refractivity contribution in [1.29, 1.82) is 0 Å². The highest BCUT2D eigenvalue weighted by Crippen LogP contribution is 2.26. The number of aliphatic hydroxyl groups excluding tert-OH is 5. The lowest BCUT2D eigenvalue weighted by Crippen LogP contribution is -2.61. The van der Waals surface area contributed by atoms with Gasteiger partial charge in [-0.1, -0.05) is 236 Å². The van der Waals surface area contributed by atoms with Crippen molar-refractivity contribution in [2.24, 2.45) is 0 Å². The highest BCUT2D eigenvalue weighted by atomic mass is 16.7. The fourth-order valence-electron chi connectivity index (χ4n) is 9.50. The molecule has 0 saturated carbocycles. The molecule has 0 aromatic heterocycles. The summed E-state index contributed by atoms with van der Waals surface area (Å²) >= 11 is 0. The van der Waals surface area contributed by atoms with E-state index in [0.717, 1.165) is 83.5 Å². The van der Waals surface area contributed by atoms with Crippen LogP contribution in [0.4, 0.5) is 0 Å². The van der Waals surface area contributed by atoms with Crippen LogP contribution in [0.1, 0.15) is 278 Å². The summed E-state index contributed by atoms with van der Waals surface area (Å²) in [5.41, 5.74) is 0. The Balaban J connectivity index is 2.69. The number of carbonyl (C=O) groups is 2. The van der Waals surface area contributed by atoms with Crippen LogP contribution in [0, 0.1) is 0 Å². The summed E-state index contributed by atoms with van der Waals surface area (Å²) in [6, 6.07) is -1.03. The van der Waals surface area contributed by atoms with Gasteiger partial charge in [0.15, 0.2) is 12.4 Å². The zero-order valence-corrected chi connectivity index (χ0v) is 47.7. The number of rotatable bonds is 52. The molecule has 0 bridgehead atoms. The molecule has 0 aliphatic carbocycles. The van der Waals surface area contributed by atoms with E-state index in [4.69, 9.17) is 14.2 Å². The maximum atomic E-state index is 13.4. The van der Waals surface area contributed by atoms with E-state index in [1.54, 1.807) is 6.08 Å². The molecule has 1 amide bonds. The number of esters is 1. The van der Waals surface area contributed by atoms with Crippen LogP contribution in [-0.4, -0.2) is 99.6 Å². The molecule has 6 N–H and O–H groups in total. The smallest absolute Gasteiger partial charge is 0.306 e. The highest BCUT2D eigenvalue weighted by Gasteiger charge is 2.47. The summed E-state index contributed by atoms with van der Waals surface area (Å²) in [5.74, 6) is -1.20. The van der Waals surface area contributed by atoms with Crippen LogP contribution in [0.5, 0.6) is 0 Å². The Kier molecular flexibility index (Phi) is 48.3. The van der Waals surface area contributed by atoms with Gasteiger partial charge in [0.25, 0.3) is 0 Å². The van der Waals surface area contributed by atoms with Crippen LogP contribution in [-0.2, 0) is 23.8 Å². The highest BCUT2D eigenvalue weighted by molar-refractivity contribution is 5.80. The molecule has 0 spiro atoms. The predicted octanol–water partition coefficient (Wildman–Crippen LogP) is 14.4. The minimum atomic E-state index is -1.61. The van der Waals surface area contributed by atoms with Gasteiger partial charge in [-0.15, -0.1) is 0 Å². The van der Waals surface area contributed by atoms with Crippen molar-refractivity contribution in [1.82, 2.24) is 5.32 Å². The lowest BCUT2D eigenvalue weighted by molar-refractivity contribution is -0.305. The van der Waals surface area contributed by atoms with Crippen molar-refractivity contribution in [3.63, 3.8) is 0 Å². The Hall–Kier alpha value is -2.38. The van der Waals surface area contributed by atoms with Gasteiger partial charge < -0.3 is 45.1 Å². The molecule has 432 valence electrons. The van der Waals surface area contributed by atoms with Crippen molar-refractivity contribution in [3.8, 4) is 0 Å². The summed E-state index contributed by atoms with van der Waals surface area (Å²) < 4.78 is 17.6. The molecule has 8 unspecified atom stereocenters. The number of carbonyl (C=O) groups excluding carboxylic acids is 2. The minimum absolute atomic E-state index is 0.119. The Morgan fingerprint density at radius 3 is 1.43 bits per heavy atom. The van der Waals surface area contributed by atoms with Crippen molar-refractivity contribution >= 4 is 11.9 Å². The van der Waals surface area contributed by atoms with Crippen LogP contribution in [0.25, 0.3) is 0 Å². The average Bonchev–Trinajstić information content (AvgIpc) is 3.40. The topological polar surface area (TPSA) is 175 Å². The van der Waals surface area contributed by atoms with Crippen molar-refractivity contribution in [3.05, 3.63) is 48.6 Å². The number of hydrogen-bond donors (Lipinski definition) is 6. The van der Waals surface area contributed by atoms with E-state index in [2.05, 4.69) is 62.5 Å². The number of unbranched alkanes of at least 4 members (excludes halogenated alkanes) is 32. The molecule has 1 aliphatic heterocycles. The third-order valence-corrected chi connectivity index (χ3v) is 14.5. The van der Waals surface area contributed by atoms with Gasteiger partial charge in [0.05, 0.1) is 25.4 Å². The van der Waals surface area contributed by atoms with E-state index in [0.29, 0.717) is 12.8 Å². The molecule has 11 nitrogen and oxygen atoms in total. The third kappa shape index (κ3) is 39.1. The number of amides is 1. The lowest BCUT2D eigenvalue weighted by Gasteiger charge is -2.41. The summed E-state index contributed by atoms with van der Waals surface area (Å²) in [5, 5.41) is 56.9. The number of aliphatic hydroxyl groups is 5. The molecule has 11 heteroatoms. The molecule has 1 saturated heterocycles. The molecule has 74 heavy (non-hydrogen) atoms. The number of nitrogens with one attached hydrogen (secondary N) is 1. The van der Waals surface area contributed by atoms with Crippen LogP contribution >= 0.6 is 0 Å². The van der Waals surface area contributed by atoms with Crippen molar-refractivity contribution in [2.75, 3.05) is 13.2 Å². The van der Waals surface area contributed by atoms with E-state index in [1.807, 2.05) is 6.08 Å². The maximum Gasteiger partial charge on any atom is 0.306 e. The van der Waals surface area contributed by atoms with Crippen molar-refractivity contribution < 1.29 is 49.3 Å². The summed E-state index contributed by atoms with van der Waals surface area (Å²) in [6.07, 6.45) is 51.4. The normalized spacial score (nSPS) is 19.6. The van der Waals surface area contributed by atoms with Crippen LogP contribution in [0.2, 0.25) is 0 Å². The first-order chi connectivity index (χ1) is 36.2. The van der Waals surface area contributed by atoms with E-state index in [9.17, 15) is 35.1 Å². The number of allylic oxidation sites excluding steroid dienone is 7. The van der Waals surface area contributed by atoms with Gasteiger partial charge in [-0.05, 0) is 83.5 Å². The second-order valence-electron chi connectivity index (χ2n) is 21.4. The molecule has 1 rings (SSSR count). The quantitative estimate of drug-likeness (QED) is 0.0195. The van der Waals surface area contributed by atoms with Gasteiger partial charge in [0.1, 0.15) is 24.4 Å². The Morgan fingerprint density at radius 2 is 0.932 bits per heavy atom. The van der Waals surface area contributed by atoms with Crippen LogP contribution in [0.3, 0.4) is 0 Å². The summed E-state index contributed by atoms with van der Waals surface area (Å²) in [6.45, 7) is 5.75. The predicted molar refractivity (Wildman–Crippen MR) is 306 cm³/mol. The summed E-state index contributed by atoms with van der Waals surface area (Å²) in [4.78, 5) is 26.5. The fraction of sp³-hybridized carbons (Fsp3) is 0.841. The molecule has 8 atom stereocenters. The average molecular weight is 1050 g/mol. The standard InChI is InChI=1S/C63H115NO10/c1-4-7-10-13-16-19-22-25-27-28-29-31-32-35-38-41-44-47-50-56(67)62(71)64-54(55(66)49-46-43-40-37-34-24-21-18-15-12-9-6-3)53-72-63-61(60(70)59(69)57(52-65)73-63)74-58(68)51-48-45-42-39-36-33-30-26-23-20-17-14-11-8-5-2/h16,19-20,23,25,27,46,49,54-57,59-61,63,65-67,69-70H,4-15,17-18,21-22,24,26,28-45,47-48,50-53H2,1-3H3,(H,64,71)/b19-16-,23-20-,27-25-,49-46+. The zero-order valence-electron chi connectivity index (χ0n) is 47.7. The van der Waals surface area contributed by atoms with Crippen molar-refractivity contribution in [2.45, 2.75) is 327 Å². The van der Waals surface area contributed by atoms with Crippen LogP contribution in [0.15, 0.2) is 48.6 Å². The Bertz CT molecular complexity index is 1390. The molecular formula is C63H115NO10. The Morgan fingerprint density at radius 1 is 0.527 bits per heavy atom. The second-order valence-corrected chi connectivity index (χ2v) is 21.4. The lowest BCUT2D eigenvalue weighted by atomic mass is 9.99. The molecular weight excluding hydrogens is 931 g/mol. The van der Waals surface area contributed by atoms with Gasteiger partial charge >= 0.3 is 5.97 Å². The number of hydrogen-bond acceptors (Lipinski definition) is 10.